The number of carbonyl (C=O) groups excluding carboxylic acids is 3. The molecule has 1 atom stereocenters. The summed E-state index contributed by atoms with van der Waals surface area (Å²) in [7, 11) is 1.69. The number of piperazine rings is 1. The molecule has 0 aromatic heterocycles. The van der Waals surface area contributed by atoms with Gasteiger partial charge in [-0.1, -0.05) is 36.2 Å². The summed E-state index contributed by atoms with van der Waals surface area (Å²) in [5, 5.41) is 2.96. The van der Waals surface area contributed by atoms with E-state index in [0.717, 1.165) is 30.4 Å². The van der Waals surface area contributed by atoms with E-state index in [2.05, 4.69) is 10.2 Å². The highest BCUT2D eigenvalue weighted by molar-refractivity contribution is 5.95. The molecule has 3 amide bonds. The van der Waals surface area contributed by atoms with Gasteiger partial charge in [0.2, 0.25) is 5.91 Å². The van der Waals surface area contributed by atoms with E-state index in [-0.39, 0.29) is 24.5 Å². The van der Waals surface area contributed by atoms with Crippen molar-refractivity contribution in [3.63, 3.8) is 0 Å². The molecule has 2 fully saturated rings. The van der Waals surface area contributed by atoms with E-state index < -0.39 is 12.0 Å². The van der Waals surface area contributed by atoms with E-state index in [1.807, 2.05) is 36.1 Å². The molecule has 2 heterocycles. The molecule has 4 rings (SSSR count). The van der Waals surface area contributed by atoms with Gasteiger partial charge in [0.05, 0.1) is 18.2 Å². The van der Waals surface area contributed by atoms with Crippen LogP contribution in [0.25, 0.3) is 0 Å². The van der Waals surface area contributed by atoms with Crippen LogP contribution in [0.1, 0.15) is 43.4 Å². The van der Waals surface area contributed by atoms with Crippen molar-refractivity contribution < 1.29 is 19.1 Å². The number of nitrogens with zero attached hydrogens (tertiary/aromatic N) is 3. The highest BCUT2D eigenvalue weighted by atomic mass is 16.5. The van der Waals surface area contributed by atoms with Crippen LogP contribution in [0.2, 0.25) is 0 Å². The van der Waals surface area contributed by atoms with Gasteiger partial charge in [-0.15, -0.1) is 0 Å². The zero-order chi connectivity index (χ0) is 23.5. The second-order valence-corrected chi connectivity index (χ2v) is 9.16. The molecule has 3 aliphatic rings. The third kappa shape index (κ3) is 4.90. The lowest BCUT2D eigenvalue weighted by Gasteiger charge is -2.41. The first-order chi connectivity index (χ1) is 15.9. The fourth-order valence-electron chi connectivity index (χ4n) is 4.66. The van der Waals surface area contributed by atoms with Gasteiger partial charge in [-0.2, -0.15) is 0 Å². The molecule has 2 aliphatic heterocycles. The van der Waals surface area contributed by atoms with Crippen LogP contribution in [0.4, 0.5) is 4.79 Å². The lowest BCUT2D eigenvalue weighted by molar-refractivity contribution is -0.140. The summed E-state index contributed by atoms with van der Waals surface area (Å²) in [6, 6.07) is 7.01. The number of urea groups is 1. The molecule has 1 aliphatic carbocycles. The number of hydrogen-bond donors (Lipinski definition) is 1. The van der Waals surface area contributed by atoms with Crippen LogP contribution in [0.3, 0.4) is 0 Å². The fourth-order valence-corrected chi connectivity index (χ4v) is 4.66. The molecule has 1 N–H and O–H groups in total. The molecule has 8 nitrogen and oxygen atoms in total. The highest BCUT2D eigenvalue weighted by Gasteiger charge is 2.38. The van der Waals surface area contributed by atoms with Crippen LogP contribution < -0.4 is 5.32 Å². The molecular weight excluding hydrogens is 420 g/mol. The molecule has 33 heavy (non-hydrogen) atoms. The van der Waals surface area contributed by atoms with Crippen LogP contribution in [0.15, 0.2) is 35.5 Å². The van der Waals surface area contributed by atoms with E-state index in [1.54, 1.807) is 14.0 Å². The summed E-state index contributed by atoms with van der Waals surface area (Å²) in [4.78, 5) is 44.2. The molecule has 1 saturated carbocycles. The smallest absolute Gasteiger partial charge is 0.338 e. The van der Waals surface area contributed by atoms with E-state index in [9.17, 15) is 14.4 Å². The third-order valence-corrected chi connectivity index (χ3v) is 6.99. The van der Waals surface area contributed by atoms with E-state index in [4.69, 9.17) is 4.74 Å². The van der Waals surface area contributed by atoms with Crippen LogP contribution >= 0.6 is 0 Å². The second-order valence-electron chi connectivity index (χ2n) is 9.16. The monoisotopic (exact) mass is 454 g/mol. The summed E-state index contributed by atoms with van der Waals surface area (Å²) in [6.07, 6.45) is 3.17. The Morgan fingerprint density at radius 1 is 1.09 bits per heavy atom. The molecule has 0 spiro atoms. The quantitative estimate of drug-likeness (QED) is 0.668. The van der Waals surface area contributed by atoms with E-state index in [0.29, 0.717) is 44.0 Å². The van der Waals surface area contributed by atoms with Gasteiger partial charge in [0, 0.05) is 51.4 Å². The lowest BCUT2D eigenvalue weighted by Crippen LogP contribution is -2.54. The molecule has 1 aromatic rings. The Kier molecular flexibility index (Phi) is 7.02. The maximum Gasteiger partial charge on any atom is 0.338 e. The average molecular weight is 455 g/mol. The molecule has 1 unspecified atom stereocenters. The van der Waals surface area contributed by atoms with E-state index >= 15 is 0 Å². The summed E-state index contributed by atoms with van der Waals surface area (Å²) in [6.45, 7) is 7.26. The van der Waals surface area contributed by atoms with Crippen LogP contribution in [-0.2, 0) is 14.3 Å². The van der Waals surface area contributed by atoms with Crippen LogP contribution in [-0.4, -0.2) is 79.0 Å². The number of esters is 1. The third-order valence-electron chi connectivity index (χ3n) is 6.99. The zero-order valence-electron chi connectivity index (χ0n) is 19.8. The Bertz CT molecular complexity index is 930. The normalized spacial score (nSPS) is 22.2. The van der Waals surface area contributed by atoms with Gasteiger partial charge in [0.25, 0.3) is 0 Å². The minimum Gasteiger partial charge on any atom is -0.463 e. The minimum atomic E-state index is -0.565. The number of ether oxygens (including phenoxy) is 1. The predicted molar refractivity (Wildman–Crippen MR) is 124 cm³/mol. The Morgan fingerprint density at radius 3 is 2.33 bits per heavy atom. The van der Waals surface area contributed by atoms with Gasteiger partial charge in [0.1, 0.15) is 0 Å². The predicted octanol–water partition coefficient (Wildman–Crippen LogP) is 2.45. The average Bonchev–Trinajstić information content (AvgIpc) is 2.76. The molecule has 178 valence electrons. The molecule has 0 radical (unpaired) electrons. The SMILES string of the molecule is CCOC(=O)C1=C(CN2CCN(C(=O)C3CCC3)CC2)N(C)C(=O)NC1c1ccc(C)cc1. The van der Waals surface area contributed by atoms with Crippen molar-refractivity contribution >= 4 is 17.9 Å². The van der Waals surface area contributed by atoms with Gasteiger partial charge in [-0.3, -0.25) is 14.6 Å². The number of benzene rings is 1. The summed E-state index contributed by atoms with van der Waals surface area (Å²) in [5.74, 6) is 0.0720. The Hall–Kier alpha value is -2.87. The van der Waals surface area contributed by atoms with Gasteiger partial charge in [-0.05, 0) is 32.3 Å². The first-order valence-corrected chi connectivity index (χ1v) is 11.9. The summed E-state index contributed by atoms with van der Waals surface area (Å²) >= 11 is 0. The Labute approximate surface area is 195 Å². The minimum absolute atomic E-state index is 0.207. The Balaban J connectivity index is 1.57. The lowest BCUT2D eigenvalue weighted by atomic mass is 9.84. The number of rotatable bonds is 6. The van der Waals surface area contributed by atoms with Crippen molar-refractivity contribution in [2.24, 2.45) is 5.92 Å². The van der Waals surface area contributed by atoms with Gasteiger partial charge in [-0.25, -0.2) is 9.59 Å². The largest absolute Gasteiger partial charge is 0.463 e. The summed E-state index contributed by atoms with van der Waals surface area (Å²) in [5.41, 5.74) is 3.07. The number of carbonyl (C=O) groups is 3. The number of amides is 3. The first kappa shape index (κ1) is 23.3. The standard InChI is InChI=1S/C25H34N4O4/c1-4-33-24(31)21-20(16-28-12-14-29(15-13-28)23(30)19-6-5-7-19)27(3)25(32)26-22(21)18-10-8-17(2)9-11-18/h8-11,19,22H,4-7,12-16H2,1-3H3,(H,26,32). The zero-order valence-corrected chi connectivity index (χ0v) is 19.8. The maximum atomic E-state index is 13.1. The number of aryl methyl sites for hydroxylation is 1. The first-order valence-electron chi connectivity index (χ1n) is 11.9. The van der Waals surface area contributed by atoms with E-state index in [1.165, 1.54) is 4.90 Å². The Morgan fingerprint density at radius 2 is 1.76 bits per heavy atom. The van der Waals surface area contributed by atoms with Gasteiger partial charge in [0.15, 0.2) is 0 Å². The fraction of sp³-hybridized carbons (Fsp3) is 0.560. The molecular formula is C25H34N4O4. The number of nitrogens with one attached hydrogen (secondary N) is 1. The molecule has 8 heteroatoms. The second kappa shape index (κ2) is 9.95. The summed E-state index contributed by atoms with van der Waals surface area (Å²) < 4.78 is 5.41. The molecule has 0 bridgehead atoms. The molecule has 1 aromatic carbocycles. The molecule has 1 saturated heterocycles. The van der Waals surface area contributed by atoms with Crippen LogP contribution in [0.5, 0.6) is 0 Å². The number of likely N-dealkylation sites (N-methyl/N-ethyl adjacent to an activating group) is 1. The number of hydrogen-bond acceptors (Lipinski definition) is 5. The maximum absolute atomic E-state index is 13.1. The van der Waals surface area contributed by atoms with Gasteiger partial charge < -0.3 is 15.0 Å². The van der Waals surface area contributed by atoms with Crippen molar-refractivity contribution in [2.75, 3.05) is 46.4 Å². The van der Waals surface area contributed by atoms with Crippen molar-refractivity contribution in [1.29, 1.82) is 0 Å². The van der Waals surface area contributed by atoms with Crippen molar-refractivity contribution in [3.8, 4) is 0 Å². The van der Waals surface area contributed by atoms with Crippen LogP contribution in [0, 0.1) is 12.8 Å². The highest BCUT2D eigenvalue weighted by Crippen LogP contribution is 2.32. The van der Waals surface area contributed by atoms with Crippen molar-refractivity contribution in [2.45, 2.75) is 39.2 Å². The van der Waals surface area contributed by atoms with Crippen molar-refractivity contribution in [1.82, 2.24) is 20.0 Å². The topological polar surface area (TPSA) is 82.2 Å². The van der Waals surface area contributed by atoms with Crippen molar-refractivity contribution in [3.05, 3.63) is 46.7 Å². The van der Waals surface area contributed by atoms with Gasteiger partial charge >= 0.3 is 12.0 Å².